The molecule has 4 aliphatic carbocycles. The molecule has 2 atom stereocenters. The van der Waals surface area contributed by atoms with Gasteiger partial charge in [0.1, 0.15) is 6.61 Å². The zero-order valence-corrected chi connectivity index (χ0v) is 83.1. The second kappa shape index (κ2) is 59.2. The van der Waals surface area contributed by atoms with Gasteiger partial charge in [-0.25, -0.2) is 4.79 Å². The molecule has 0 bridgehead atoms. The van der Waals surface area contributed by atoms with Crippen LogP contribution < -0.4 is 64.6 Å². The minimum Gasteiger partial charge on any atom is -0.481 e. The number of carboxylic acids is 2. The maximum Gasteiger partial charge on any atom is 0.533 e. The minimum atomic E-state index is -1.23. The number of hydroxylamine groups is 2. The first-order valence-electron chi connectivity index (χ1n) is 47.4. The average molecular weight is 2050 g/mol. The molecular weight excluding hydrogens is 1920 g/mol. The van der Waals surface area contributed by atoms with Crippen LogP contribution in [0.25, 0.3) is 44.5 Å². The van der Waals surface area contributed by atoms with Crippen molar-refractivity contribution in [3.8, 4) is 44.5 Å². The molecule has 0 spiro atoms. The zero-order chi connectivity index (χ0) is 104. The Labute approximate surface area is 850 Å². The molecule has 0 aromatic heterocycles. The molecule has 0 saturated carbocycles. The molecular formula is C104H126Cl3N13O24. The van der Waals surface area contributed by atoms with Crippen LogP contribution >= 0.6 is 35.6 Å². The lowest BCUT2D eigenvalue weighted by molar-refractivity contribution is -0.177. The van der Waals surface area contributed by atoms with Crippen LogP contribution in [-0.4, -0.2) is 205 Å². The van der Waals surface area contributed by atoms with E-state index in [0.717, 1.165) is 113 Å². The number of carbonyl (C=O) groups is 15. The van der Waals surface area contributed by atoms with Gasteiger partial charge in [0.15, 0.2) is 0 Å². The number of ether oxygens (including phenoxy) is 3. The summed E-state index contributed by atoms with van der Waals surface area (Å²) >= 11 is 9.53. The molecule has 37 nitrogen and oxygen atoms in total. The summed E-state index contributed by atoms with van der Waals surface area (Å²) < 4.78 is 15.2. The largest absolute Gasteiger partial charge is 0.533 e. The van der Waals surface area contributed by atoms with Crippen LogP contribution in [0.5, 0.6) is 0 Å². The number of nitrogens with zero attached hydrogens (tertiary/aromatic N) is 1. The molecule has 12 amide bonds. The van der Waals surface area contributed by atoms with Crippen molar-refractivity contribution in [2.24, 2.45) is 0 Å². The third kappa shape index (κ3) is 34.7. The molecule has 13 rings (SSSR count). The Hall–Kier alpha value is -13.9. The smallest absolute Gasteiger partial charge is 0.481 e. The first-order valence-corrected chi connectivity index (χ1v) is 48.5. The lowest BCUT2D eigenvalue weighted by Crippen LogP contribution is -2.32. The Morgan fingerprint density at radius 1 is 0.340 bits per heavy atom. The van der Waals surface area contributed by atoms with Gasteiger partial charge in [0.05, 0.1) is 38.4 Å². The molecule has 1 heterocycles. The van der Waals surface area contributed by atoms with Gasteiger partial charge in [0, 0.05) is 199 Å². The van der Waals surface area contributed by atoms with E-state index in [0.29, 0.717) is 111 Å². The first-order chi connectivity index (χ1) is 68.8. The molecule has 772 valence electrons. The molecule has 1 aliphatic heterocycles. The maximum atomic E-state index is 12.7. The predicted octanol–water partition coefficient (Wildman–Crippen LogP) is 13.8. The highest BCUT2D eigenvalue weighted by Crippen LogP contribution is 2.51. The highest BCUT2D eigenvalue weighted by atomic mass is 35.5. The van der Waals surface area contributed by atoms with Gasteiger partial charge in [0.2, 0.25) is 59.1 Å². The van der Waals surface area contributed by atoms with Crippen LogP contribution in [0.4, 0.5) is 50.3 Å². The van der Waals surface area contributed by atoms with Gasteiger partial charge in [-0.3, -0.25) is 72.0 Å². The SMILES string of the molecule is CCCNC(=O)CCCC(=O)Nc1ccc2c(c1)C(CO)c1cc(NC(=O)CCCC(=O)NCCOC)ccc1-2.CCCNC(=O)CCCC(=O)Nc1ccc2c(c1)C(COC(=O)ON1C(=O)CCC1=O)c1cc(NC(=O)CCCC(=O)NCCOC)ccc1-2.Cl.ClCCl.Nc1ccc2c(c1)C(CO)c1cc(N)ccc1-2.O=C(O)CCCC(=O)Nc1ccc2c(c1)C(CO)c1cc(NC(=O)CCCC(=O)O)ccc1-2. The molecule has 5 aliphatic rings. The number of rotatable bonds is 46. The van der Waals surface area contributed by atoms with Gasteiger partial charge >= 0.3 is 18.1 Å². The van der Waals surface area contributed by atoms with E-state index in [2.05, 4.69) is 53.2 Å². The normalized spacial score (nSPS) is 13.2. The number of benzene rings is 8. The Morgan fingerprint density at radius 2 is 0.562 bits per heavy atom. The van der Waals surface area contributed by atoms with Gasteiger partial charge in [-0.1, -0.05) is 67.4 Å². The minimum absolute atomic E-state index is 0. The molecule has 40 heteroatoms. The molecule has 8 aromatic rings. The summed E-state index contributed by atoms with van der Waals surface area (Å²) in [5.41, 5.74) is 31.2. The van der Waals surface area contributed by atoms with Crippen molar-refractivity contribution in [3.05, 3.63) is 190 Å². The van der Waals surface area contributed by atoms with Gasteiger partial charge in [0.25, 0.3) is 11.8 Å². The van der Waals surface area contributed by atoms with Crippen molar-refractivity contribution in [1.82, 2.24) is 26.3 Å². The van der Waals surface area contributed by atoms with Crippen LogP contribution in [0, 0.1) is 0 Å². The second-order valence-electron chi connectivity index (χ2n) is 34.2. The summed E-state index contributed by atoms with van der Waals surface area (Å²) in [4.78, 5) is 184. The van der Waals surface area contributed by atoms with E-state index < -0.39 is 35.8 Å². The number of methoxy groups -OCH3 is 2. The Balaban J connectivity index is 0.000000243. The van der Waals surface area contributed by atoms with Crippen molar-refractivity contribution in [2.45, 2.75) is 179 Å². The topological polar surface area (TPSA) is 570 Å². The number of carboxylic acid groups (broad SMARTS) is 2. The lowest BCUT2D eigenvalue weighted by Gasteiger charge is -2.17. The number of hydrogen-bond donors (Lipinski definition) is 17. The summed E-state index contributed by atoms with van der Waals surface area (Å²) in [5, 5.41) is 75.9. The number of nitrogen functional groups attached to an aromatic ring is 2. The Bertz CT molecular complexity index is 5730. The van der Waals surface area contributed by atoms with Gasteiger partial charge in [-0.05, 0) is 237 Å². The number of alkyl halides is 2. The van der Waals surface area contributed by atoms with Crippen molar-refractivity contribution < 1.29 is 116 Å². The van der Waals surface area contributed by atoms with E-state index in [-0.39, 0.29) is 217 Å². The number of nitrogens with two attached hydrogens (primary N) is 2. The number of aliphatic hydroxyl groups excluding tert-OH is 3. The third-order valence-corrected chi connectivity index (χ3v) is 23.6. The van der Waals surface area contributed by atoms with Gasteiger partial charge < -0.3 is 104 Å². The van der Waals surface area contributed by atoms with Crippen LogP contribution in [0.15, 0.2) is 146 Å². The Kier molecular flexibility index (Phi) is 47.4. The number of halogens is 3. The summed E-state index contributed by atoms with van der Waals surface area (Å²) in [6, 6.07) is 44.4. The number of carbonyl (C=O) groups excluding carboxylic acids is 13. The number of fused-ring (bicyclic) bond motifs is 12. The van der Waals surface area contributed by atoms with E-state index in [9.17, 15) is 87.2 Å². The number of aliphatic hydroxyl groups is 3. The summed E-state index contributed by atoms with van der Waals surface area (Å²) in [5.74, 6) is -6.27. The van der Waals surface area contributed by atoms with Crippen LogP contribution in [0.1, 0.15) is 223 Å². The molecule has 8 aromatic carbocycles. The van der Waals surface area contributed by atoms with Crippen molar-refractivity contribution >= 4 is 170 Å². The molecule has 2 unspecified atom stereocenters. The van der Waals surface area contributed by atoms with Crippen molar-refractivity contribution in [2.75, 3.05) is 129 Å². The van der Waals surface area contributed by atoms with E-state index in [1.807, 2.05) is 111 Å². The van der Waals surface area contributed by atoms with Gasteiger partial charge in [-0.2, -0.15) is 0 Å². The number of anilines is 8. The molecule has 1 saturated heterocycles. The third-order valence-electron chi connectivity index (χ3n) is 23.6. The predicted molar refractivity (Wildman–Crippen MR) is 549 cm³/mol. The van der Waals surface area contributed by atoms with E-state index in [1.165, 1.54) is 0 Å². The fraction of sp³-hybridized carbons (Fsp3) is 0.394. The standard InChI is InChI=1S/C35H43N5O10.C30H40N4O6.C24H26N2O7.C14H14N2O.CH2Cl2.ClH/c1-3-16-36-29(41)6-4-8-31(43)38-22-10-12-24-25-13-11-23(39-32(44)9-5-7-30(42)37-17-18-48-2)20-27(25)28(26(24)19-22)21-49-35(47)50-40-33(45)14-15-34(40)46;1-3-14-31-27(36)6-4-8-29(38)33-20-10-12-22-23-13-11-21(18-25(23)26(19-35)24(22)17-20)34-30(39)9-5-7-28(37)32-15-16-40-2;27-13-20-18-11-14(25-21(28)3-1-5-23(30)31)7-9-16(18)17-10-8-15(12-19(17)20)26-22(29)4-2-6-24(32)33;15-8-1-3-10-11-4-2-9(16)6-13(11)14(7-17)12(10)5-8;2-1-3;/h10-13,19-20,28H,3-9,14-18,21H2,1-2H3,(H,36,41)(H,37,42)(H,38,43)(H,39,44);10-13,17-18,26,35H,3-9,14-16,19H2,1-2H3,(H,31,36)(H,32,37)(H,33,38)(H,34,39);7-12,20,27H,1-6,13H2,(H,25,28)(H,26,29)(H,30,31)(H,32,33);1-6,14,17H,7,15-16H2;1H2;1H. The van der Waals surface area contributed by atoms with Crippen molar-refractivity contribution in [1.29, 1.82) is 0 Å². The molecule has 144 heavy (non-hydrogen) atoms. The lowest BCUT2D eigenvalue weighted by atomic mass is 9.97. The maximum absolute atomic E-state index is 12.7. The highest BCUT2D eigenvalue weighted by Gasteiger charge is 2.38. The highest BCUT2D eigenvalue weighted by molar-refractivity contribution is 6.40. The summed E-state index contributed by atoms with van der Waals surface area (Å²) in [6.45, 7) is 6.40. The second-order valence-corrected chi connectivity index (χ2v) is 35.0. The fourth-order valence-corrected chi connectivity index (χ4v) is 16.9. The van der Waals surface area contributed by atoms with E-state index in [1.54, 1.807) is 62.8 Å². The quantitative estimate of drug-likeness (QED) is 0.00554. The first kappa shape index (κ1) is 115. The number of nitrogens with one attached hydrogen (secondary N) is 10. The van der Waals surface area contributed by atoms with Crippen molar-refractivity contribution in [3.63, 3.8) is 0 Å². The number of hydrogen-bond acceptors (Lipinski definition) is 24. The van der Waals surface area contributed by atoms with E-state index >= 15 is 0 Å². The summed E-state index contributed by atoms with van der Waals surface area (Å²) in [7, 11) is 3.11. The summed E-state index contributed by atoms with van der Waals surface area (Å²) in [6.07, 6.45) is 4.24. The monoisotopic (exact) mass is 2050 g/mol. The molecule has 0 radical (unpaired) electrons. The van der Waals surface area contributed by atoms with Gasteiger partial charge in [-0.15, -0.1) is 35.6 Å². The average Bonchev–Trinajstić information content (AvgIpc) is 1.61. The fourth-order valence-electron chi connectivity index (χ4n) is 16.9. The van der Waals surface area contributed by atoms with Crippen LogP contribution in [0.2, 0.25) is 0 Å². The number of amides is 12. The number of aliphatic carboxylic acids is 2. The Morgan fingerprint density at radius 3 is 0.799 bits per heavy atom. The van der Waals surface area contributed by atoms with E-state index in [4.69, 9.17) is 63.9 Å². The number of imide groups is 1. The zero-order valence-electron chi connectivity index (χ0n) is 80.8. The molecule has 19 N–H and O–H groups in total. The van der Waals surface area contributed by atoms with Crippen LogP contribution in [-0.2, 0) is 86.2 Å². The molecule has 1 fully saturated rings. The van der Waals surface area contributed by atoms with Crippen LogP contribution in [0.3, 0.4) is 0 Å².